The van der Waals surface area contributed by atoms with E-state index in [4.69, 9.17) is 5.11 Å². The summed E-state index contributed by atoms with van der Waals surface area (Å²) in [5, 5.41) is 8.36. The summed E-state index contributed by atoms with van der Waals surface area (Å²) in [5.41, 5.74) is 0. The molecule has 0 aromatic carbocycles. The molecule has 6 bridgehead atoms. The van der Waals surface area contributed by atoms with Crippen molar-refractivity contribution < 1.29 is 30.0 Å². The van der Waals surface area contributed by atoms with Gasteiger partial charge >= 0.3 is 0 Å². The zero-order valence-electron chi connectivity index (χ0n) is 17.3. The van der Waals surface area contributed by atoms with E-state index in [9.17, 15) is 4.79 Å². The molecule has 0 atom stereocenters. The van der Waals surface area contributed by atoms with Crippen molar-refractivity contribution in [2.24, 2.45) is 35.5 Å². The Morgan fingerprint density at radius 3 is 0.862 bits per heavy atom. The molecule has 0 aromatic rings. The van der Waals surface area contributed by atoms with Gasteiger partial charge in [0, 0.05) is 26.2 Å². The van der Waals surface area contributed by atoms with E-state index < -0.39 is 0 Å². The third-order valence-corrected chi connectivity index (χ3v) is 5.68. The summed E-state index contributed by atoms with van der Waals surface area (Å²) >= 11 is 0. The predicted molar refractivity (Wildman–Crippen MR) is 117 cm³/mol. The zero-order chi connectivity index (χ0) is 19.9. The molecule has 0 unspecified atom stereocenters. The second-order valence-electron chi connectivity index (χ2n) is 8.40. The van der Waals surface area contributed by atoms with E-state index in [1.54, 1.807) is 0 Å². The SMILES string of the molecule is C1=CC2C=CC1C2.C1=CC2C=CC1C2.C1=CC2C=CC1C2.CC(=O)/C=C(/C)O.[Ir]. The van der Waals surface area contributed by atoms with Crippen LogP contribution < -0.4 is 0 Å². The summed E-state index contributed by atoms with van der Waals surface area (Å²) in [6, 6.07) is 0. The molecule has 0 saturated carbocycles. The molecule has 0 spiro atoms. The standard InChI is InChI=1S/3C7H8.C5H8O2.Ir/c3*1-2-7-4-3-6(1)5-7;1-4(6)3-5(2)7;/h3*1-4,6-7H,5H2;3,6H,1-2H3;/b;;;4-3-;. The van der Waals surface area contributed by atoms with Crippen molar-refractivity contribution in [1.29, 1.82) is 0 Å². The number of ketones is 1. The number of allylic oxidation sites excluding steroid dienone is 14. The molecule has 6 aliphatic carbocycles. The molecule has 0 saturated heterocycles. The van der Waals surface area contributed by atoms with E-state index in [0.717, 1.165) is 35.5 Å². The molecular formula is C26H32IrO2. The van der Waals surface area contributed by atoms with Crippen molar-refractivity contribution >= 4 is 5.78 Å². The minimum absolute atomic E-state index is 0. The maximum Gasteiger partial charge on any atom is 0.155 e. The molecule has 0 aromatic heterocycles. The van der Waals surface area contributed by atoms with E-state index in [2.05, 4.69) is 72.9 Å². The quantitative estimate of drug-likeness (QED) is 0.230. The normalized spacial score (nSPS) is 34.2. The first-order valence-corrected chi connectivity index (χ1v) is 10.5. The molecule has 0 aliphatic heterocycles. The smallest absolute Gasteiger partial charge is 0.155 e. The van der Waals surface area contributed by atoms with Crippen LogP contribution >= 0.6 is 0 Å². The topological polar surface area (TPSA) is 37.3 Å². The molecule has 157 valence electrons. The Morgan fingerprint density at radius 1 is 0.621 bits per heavy atom. The monoisotopic (exact) mass is 569 g/mol. The van der Waals surface area contributed by atoms with Crippen molar-refractivity contribution in [3.05, 3.63) is 84.7 Å². The van der Waals surface area contributed by atoms with Gasteiger partial charge in [0.2, 0.25) is 0 Å². The van der Waals surface area contributed by atoms with E-state index in [1.807, 2.05) is 0 Å². The first-order chi connectivity index (χ1) is 13.5. The molecule has 29 heavy (non-hydrogen) atoms. The number of aliphatic hydroxyl groups excluding tert-OH is 1. The second kappa shape index (κ2) is 11.5. The van der Waals surface area contributed by atoms with Gasteiger partial charge in [0.1, 0.15) is 0 Å². The molecule has 3 heteroatoms. The molecule has 6 rings (SSSR count). The maximum atomic E-state index is 10.0. The van der Waals surface area contributed by atoms with Gasteiger partial charge in [-0.25, -0.2) is 0 Å². The first-order valence-electron chi connectivity index (χ1n) is 10.5. The van der Waals surface area contributed by atoms with Crippen molar-refractivity contribution in [3.63, 3.8) is 0 Å². The van der Waals surface area contributed by atoms with Gasteiger partial charge < -0.3 is 5.11 Å². The minimum atomic E-state index is -0.125. The molecule has 0 fully saturated rings. The fourth-order valence-electron chi connectivity index (χ4n) is 4.28. The van der Waals surface area contributed by atoms with Crippen molar-refractivity contribution in [3.8, 4) is 0 Å². The summed E-state index contributed by atoms with van der Waals surface area (Å²) in [7, 11) is 0. The van der Waals surface area contributed by atoms with E-state index in [0.29, 0.717) is 0 Å². The summed E-state index contributed by atoms with van der Waals surface area (Å²) in [4.78, 5) is 10.0. The molecule has 0 heterocycles. The van der Waals surface area contributed by atoms with Crippen LogP contribution in [0.1, 0.15) is 33.1 Å². The third-order valence-electron chi connectivity index (χ3n) is 5.68. The van der Waals surface area contributed by atoms with Gasteiger partial charge in [-0.15, -0.1) is 0 Å². The number of hydrogen-bond acceptors (Lipinski definition) is 2. The second-order valence-corrected chi connectivity index (χ2v) is 8.40. The molecule has 1 radical (unpaired) electrons. The van der Waals surface area contributed by atoms with Crippen LogP contribution in [0.3, 0.4) is 0 Å². The number of carbonyl (C=O) groups excluding carboxylic acids is 1. The van der Waals surface area contributed by atoms with Gasteiger partial charge in [-0.3, -0.25) is 4.79 Å². The molecule has 0 amide bonds. The first kappa shape index (κ1) is 23.6. The number of rotatable bonds is 1. The number of hydrogen-bond donors (Lipinski definition) is 1. The van der Waals surface area contributed by atoms with Gasteiger partial charge in [0.25, 0.3) is 0 Å². The Kier molecular flexibility index (Phi) is 9.33. The largest absolute Gasteiger partial charge is 0.512 e. The van der Waals surface area contributed by atoms with Gasteiger partial charge in [-0.05, 0) is 68.6 Å². The van der Waals surface area contributed by atoms with Gasteiger partial charge in [-0.2, -0.15) is 0 Å². The Hall–Kier alpha value is -1.70. The average Bonchev–Trinajstić information content (AvgIpc) is 3.52. The summed E-state index contributed by atoms with van der Waals surface area (Å²) in [5.74, 6) is 4.80. The fourth-order valence-corrected chi connectivity index (χ4v) is 4.28. The van der Waals surface area contributed by atoms with Crippen LogP contribution in [0.25, 0.3) is 0 Å². The maximum absolute atomic E-state index is 10.0. The summed E-state index contributed by atoms with van der Waals surface area (Å²) in [6.45, 7) is 2.85. The van der Waals surface area contributed by atoms with Crippen molar-refractivity contribution in [1.82, 2.24) is 0 Å². The Morgan fingerprint density at radius 2 is 0.828 bits per heavy atom. The Labute approximate surface area is 188 Å². The summed E-state index contributed by atoms with van der Waals surface area (Å²) in [6.07, 6.45) is 32.8. The van der Waals surface area contributed by atoms with Crippen LogP contribution in [0.4, 0.5) is 0 Å². The Bertz CT molecular complexity index is 597. The number of carbonyl (C=O) groups is 1. The molecule has 1 N–H and O–H groups in total. The van der Waals surface area contributed by atoms with Crippen molar-refractivity contribution in [2.75, 3.05) is 0 Å². The van der Waals surface area contributed by atoms with Crippen LogP contribution in [-0.4, -0.2) is 10.9 Å². The molecule has 6 aliphatic rings. The zero-order valence-corrected chi connectivity index (χ0v) is 19.7. The van der Waals surface area contributed by atoms with Crippen molar-refractivity contribution in [2.45, 2.75) is 33.1 Å². The summed E-state index contributed by atoms with van der Waals surface area (Å²) < 4.78 is 0. The number of fused-ring (bicyclic) bond motifs is 6. The van der Waals surface area contributed by atoms with Crippen LogP contribution in [0, 0.1) is 35.5 Å². The predicted octanol–water partition coefficient (Wildman–Crippen LogP) is 6.28. The van der Waals surface area contributed by atoms with E-state index >= 15 is 0 Å². The number of aliphatic hydroxyl groups is 1. The van der Waals surface area contributed by atoms with E-state index in [1.165, 1.54) is 39.2 Å². The third kappa shape index (κ3) is 7.91. The minimum Gasteiger partial charge on any atom is -0.512 e. The van der Waals surface area contributed by atoms with Crippen LogP contribution in [-0.2, 0) is 24.9 Å². The van der Waals surface area contributed by atoms with Gasteiger partial charge in [0.15, 0.2) is 5.78 Å². The van der Waals surface area contributed by atoms with Gasteiger partial charge in [0.05, 0.1) is 5.76 Å². The van der Waals surface area contributed by atoms with Crippen LogP contribution in [0.15, 0.2) is 84.7 Å². The van der Waals surface area contributed by atoms with Crippen LogP contribution in [0.5, 0.6) is 0 Å². The van der Waals surface area contributed by atoms with E-state index in [-0.39, 0.29) is 31.6 Å². The average molecular weight is 569 g/mol. The molecule has 2 nitrogen and oxygen atoms in total. The van der Waals surface area contributed by atoms with Gasteiger partial charge in [-0.1, -0.05) is 72.9 Å². The molecular weight excluding hydrogens is 537 g/mol. The fraction of sp³-hybridized carbons (Fsp3) is 0.423. The van der Waals surface area contributed by atoms with Crippen LogP contribution in [0.2, 0.25) is 0 Å². The Balaban J connectivity index is 0.000000136.